The summed E-state index contributed by atoms with van der Waals surface area (Å²) in [4.78, 5) is 46.1. The fourth-order valence-corrected chi connectivity index (χ4v) is 9.79. The number of ketones is 1. The molecule has 2 unspecified atom stereocenters. The predicted octanol–water partition coefficient (Wildman–Crippen LogP) is 3.65. The maximum Gasteiger partial charge on any atom is 0.410 e. The number of methoxy groups -OCH3 is 1. The van der Waals surface area contributed by atoms with E-state index in [-0.39, 0.29) is 37.1 Å². The van der Waals surface area contributed by atoms with Gasteiger partial charge in [-0.15, -0.1) is 5.10 Å². The molecule has 1 aromatic carbocycles. The number of nitrogens with zero attached hydrogens (tertiary/aromatic N) is 5. The SMILES string of the molecule is CC[C@H]1OC(=O)[C@H](C)C(=O)[C@H](C)[C@@H](O[C@@H]2O[C@H](C)CC(N(C)C)C2O)[C@](CCO)(OC)C[C@@H](C)CN[C@H](C)[C@H]2N(CCCCn3cc(-c4cccc(N)c4)nn3)C(=O)O[C@]12C. The molecule has 3 saturated heterocycles. The van der Waals surface area contributed by atoms with Gasteiger partial charge < -0.3 is 49.8 Å². The van der Waals surface area contributed by atoms with Crippen molar-refractivity contribution >= 4 is 23.5 Å². The third-order valence-corrected chi connectivity index (χ3v) is 13.1. The summed E-state index contributed by atoms with van der Waals surface area (Å²) in [6.45, 7) is 13.9. The van der Waals surface area contributed by atoms with Crippen LogP contribution in [0.2, 0.25) is 0 Å². The van der Waals surface area contributed by atoms with E-state index < -0.39 is 71.5 Å². The molecular weight excluding hydrogens is 787 g/mol. The Kier molecular flexibility index (Phi) is 16.4. The molecule has 17 heteroatoms. The van der Waals surface area contributed by atoms with E-state index in [1.165, 1.54) is 14.0 Å². The first-order valence-electron chi connectivity index (χ1n) is 21.9. The Morgan fingerprint density at radius 3 is 2.48 bits per heavy atom. The molecule has 61 heavy (non-hydrogen) atoms. The number of fused-ring (bicyclic) bond motifs is 1. The Hall–Kier alpha value is -3.71. The number of nitrogens with one attached hydrogen (secondary N) is 1. The Bertz CT molecular complexity index is 1780. The van der Waals surface area contributed by atoms with Gasteiger partial charge in [-0.25, -0.2) is 4.79 Å². The van der Waals surface area contributed by atoms with Crippen LogP contribution in [0.5, 0.6) is 0 Å². The molecule has 3 aliphatic heterocycles. The minimum absolute atomic E-state index is 0.103. The number of likely N-dealkylation sites (N-methyl/N-ethyl adjacent to an activating group) is 1. The van der Waals surface area contributed by atoms with Gasteiger partial charge in [0, 0.05) is 62.5 Å². The van der Waals surface area contributed by atoms with Crippen LogP contribution in [0, 0.1) is 17.8 Å². The molecule has 0 radical (unpaired) electrons. The van der Waals surface area contributed by atoms with Crippen molar-refractivity contribution in [1.82, 2.24) is 30.1 Å². The van der Waals surface area contributed by atoms with E-state index in [0.717, 1.165) is 5.56 Å². The number of Topliss-reactive ketones (excluding diaryl/α,β-unsaturated/α-hetero) is 1. The normalized spacial score (nSPS) is 35.7. The lowest BCUT2D eigenvalue weighted by atomic mass is 9.76. The maximum absolute atomic E-state index is 14.5. The summed E-state index contributed by atoms with van der Waals surface area (Å²) in [5.41, 5.74) is 5.69. The highest BCUT2D eigenvalue weighted by Crippen LogP contribution is 2.41. The highest BCUT2D eigenvalue weighted by Gasteiger charge is 2.59. The number of aliphatic hydroxyl groups is 2. The molecule has 17 nitrogen and oxygen atoms in total. The number of carbonyl (C=O) groups excluding carboxylic acids is 3. The van der Waals surface area contributed by atoms with Crippen LogP contribution >= 0.6 is 0 Å². The quantitative estimate of drug-likeness (QED) is 0.0980. The number of esters is 1. The number of hydrogen-bond donors (Lipinski definition) is 4. The summed E-state index contributed by atoms with van der Waals surface area (Å²) in [5, 5.41) is 34.3. The molecular formula is C44H71N7O10. The zero-order valence-electron chi connectivity index (χ0n) is 37.8. The summed E-state index contributed by atoms with van der Waals surface area (Å²) in [6.07, 6.45) is -0.334. The van der Waals surface area contributed by atoms with Gasteiger partial charge in [-0.1, -0.05) is 38.1 Å². The maximum atomic E-state index is 14.5. The van der Waals surface area contributed by atoms with Crippen molar-refractivity contribution in [1.29, 1.82) is 0 Å². The molecule has 13 atom stereocenters. The molecule has 0 saturated carbocycles. The van der Waals surface area contributed by atoms with Gasteiger partial charge in [0.1, 0.15) is 23.8 Å². The lowest BCUT2D eigenvalue weighted by Crippen LogP contribution is -2.61. The monoisotopic (exact) mass is 858 g/mol. The Labute approximate surface area is 360 Å². The molecule has 342 valence electrons. The van der Waals surface area contributed by atoms with E-state index in [4.69, 9.17) is 29.4 Å². The molecule has 0 spiro atoms. The van der Waals surface area contributed by atoms with Gasteiger partial charge in [0.15, 0.2) is 17.7 Å². The third-order valence-electron chi connectivity index (χ3n) is 13.1. The number of nitrogen functional groups attached to an aromatic ring is 1. The van der Waals surface area contributed by atoms with Gasteiger partial charge in [0.2, 0.25) is 0 Å². The molecule has 4 heterocycles. The van der Waals surface area contributed by atoms with Crippen LogP contribution in [0.4, 0.5) is 10.5 Å². The first-order valence-corrected chi connectivity index (χ1v) is 21.9. The smallest absolute Gasteiger partial charge is 0.410 e. The molecule has 5 rings (SSSR count). The number of amides is 1. The highest BCUT2D eigenvalue weighted by molar-refractivity contribution is 6.00. The average molecular weight is 858 g/mol. The Morgan fingerprint density at radius 1 is 1.10 bits per heavy atom. The van der Waals surface area contributed by atoms with Crippen LogP contribution in [-0.4, -0.2) is 154 Å². The van der Waals surface area contributed by atoms with Gasteiger partial charge in [0.25, 0.3) is 0 Å². The van der Waals surface area contributed by atoms with Crippen molar-refractivity contribution in [3.63, 3.8) is 0 Å². The Balaban J connectivity index is 1.41. The standard InChI is InChI=1S/C44H71N7O10/c1-11-35-43(7)38(51(42(56)61-43)19-13-12-18-50-25-33(47-48-50)31-15-14-16-32(45)22-31)30(6)46-24-26(2)23-44(57-10,17-20-52)39(28(4)36(53)29(5)40(55)59-35)60-41-37(54)34(49(8)9)21-27(3)58-41/h14-16,22,25-30,34-35,37-39,41,46,52,54H,11-13,17-21,23-24,45H2,1-10H3/t26-,27-,28+,29-,30-,34?,35-,37?,38-,39-,41+,43-,44-/m1/s1. The lowest BCUT2D eigenvalue weighted by molar-refractivity contribution is -0.298. The minimum Gasteiger partial charge on any atom is -0.458 e. The van der Waals surface area contributed by atoms with Gasteiger partial charge in [-0.2, -0.15) is 0 Å². The van der Waals surface area contributed by atoms with Crippen LogP contribution < -0.4 is 11.1 Å². The second kappa shape index (κ2) is 20.6. The van der Waals surface area contributed by atoms with E-state index in [1.807, 2.05) is 77.2 Å². The zero-order valence-corrected chi connectivity index (χ0v) is 37.8. The van der Waals surface area contributed by atoms with Crippen LogP contribution in [0.25, 0.3) is 11.3 Å². The molecule has 0 bridgehead atoms. The van der Waals surface area contributed by atoms with E-state index in [2.05, 4.69) is 15.6 Å². The molecule has 3 aliphatic rings. The van der Waals surface area contributed by atoms with Gasteiger partial charge in [0.05, 0.1) is 30.0 Å². The number of cyclic esters (lactones) is 1. The topological polar surface area (TPSA) is 213 Å². The second-order valence-corrected chi connectivity index (χ2v) is 18.0. The number of hydrogen-bond acceptors (Lipinski definition) is 15. The zero-order chi connectivity index (χ0) is 44.8. The number of ether oxygens (including phenoxy) is 5. The van der Waals surface area contributed by atoms with Crippen molar-refractivity contribution in [3.05, 3.63) is 30.5 Å². The third kappa shape index (κ3) is 10.7. The summed E-state index contributed by atoms with van der Waals surface area (Å²) in [5.74, 6) is -3.54. The molecule has 0 aliphatic carbocycles. The Morgan fingerprint density at radius 2 is 1.82 bits per heavy atom. The number of anilines is 1. The van der Waals surface area contributed by atoms with Crippen molar-refractivity contribution in [2.75, 3.05) is 46.6 Å². The number of aryl methyl sites for hydroxylation is 1. The largest absolute Gasteiger partial charge is 0.458 e. The predicted molar refractivity (Wildman–Crippen MR) is 228 cm³/mol. The number of aromatic nitrogens is 3. The first kappa shape index (κ1) is 48.3. The number of benzene rings is 1. The van der Waals surface area contributed by atoms with E-state index in [0.29, 0.717) is 63.1 Å². The molecule has 2 aromatic rings. The van der Waals surface area contributed by atoms with Gasteiger partial charge in [-0.05, 0) is 98.5 Å². The molecule has 1 amide bonds. The number of nitrogens with two attached hydrogens (primary N) is 1. The molecule has 3 fully saturated rings. The summed E-state index contributed by atoms with van der Waals surface area (Å²) in [7, 11) is 5.29. The summed E-state index contributed by atoms with van der Waals surface area (Å²) < 4.78 is 33.4. The van der Waals surface area contributed by atoms with E-state index in [1.54, 1.807) is 23.4 Å². The number of unbranched alkanes of at least 4 members (excludes halogenated alkanes) is 1. The fourth-order valence-electron chi connectivity index (χ4n) is 9.79. The number of rotatable bonds is 13. The van der Waals surface area contributed by atoms with E-state index in [9.17, 15) is 24.6 Å². The van der Waals surface area contributed by atoms with Crippen LogP contribution in [0.3, 0.4) is 0 Å². The van der Waals surface area contributed by atoms with Gasteiger partial charge in [-0.3, -0.25) is 19.2 Å². The van der Waals surface area contributed by atoms with Crippen LogP contribution in [0.1, 0.15) is 87.0 Å². The van der Waals surface area contributed by atoms with Crippen molar-refractivity contribution < 1.29 is 48.3 Å². The average Bonchev–Trinajstić information content (AvgIpc) is 3.80. The van der Waals surface area contributed by atoms with Crippen molar-refractivity contribution in [3.8, 4) is 11.3 Å². The highest BCUT2D eigenvalue weighted by atomic mass is 16.7. The number of aliphatic hydroxyl groups excluding tert-OH is 2. The van der Waals surface area contributed by atoms with Gasteiger partial charge >= 0.3 is 12.1 Å². The first-order chi connectivity index (χ1) is 28.9. The summed E-state index contributed by atoms with van der Waals surface area (Å²) >= 11 is 0. The molecule has 1 aromatic heterocycles. The van der Waals surface area contributed by atoms with Crippen LogP contribution in [0.15, 0.2) is 30.5 Å². The fraction of sp³-hybridized carbons (Fsp3) is 0.750. The lowest BCUT2D eigenvalue weighted by Gasteiger charge is -2.48. The van der Waals surface area contributed by atoms with Crippen molar-refractivity contribution in [2.45, 2.75) is 154 Å². The summed E-state index contributed by atoms with van der Waals surface area (Å²) in [6, 6.07) is 6.29. The van der Waals surface area contributed by atoms with Crippen molar-refractivity contribution in [2.24, 2.45) is 17.8 Å². The molecule has 5 N–H and O–H groups in total. The minimum atomic E-state index is -1.27. The second-order valence-electron chi connectivity index (χ2n) is 18.0. The number of carbonyl (C=O) groups is 3. The van der Waals surface area contributed by atoms with E-state index >= 15 is 0 Å². The van der Waals surface area contributed by atoms with Crippen LogP contribution in [-0.2, 0) is 39.8 Å².